The van der Waals surface area contributed by atoms with Crippen molar-refractivity contribution in [3.63, 3.8) is 0 Å². The second-order valence-electron chi connectivity index (χ2n) is 8.45. The van der Waals surface area contributed by atoms with Gasteiger partial charge in [0.15, 0.2) is 11.6 Å². The van der Waals surface area contributed by atoms with E-state index in [1.165, 1.54) is 0 Å². The Morgan fingerprint density at radius 3 is 2.93 bits per heavy atom. The number of nitrogens with zero attached hydrogens (tertiary/aromatic N) is 2. The molecule has 30 heavy (non-hydrogen) atoms. The Labute approximate surface area is 172 Å². The lowest BCUT2D eigenvalue weighted by atomic mass is 9.77. The fourth-order valence-corrected chi connectivity index (χ4v) is 5.40. The highest BCUT2D eigenvalue weighted by atomic mass is 19.1. The van der Waals surface area contributed by atoms with Gasteiger partial charge in [0.25, 0.3) is 0 Å². The van der Waals surface area contributed by atoms with Gasteiger partial charge in [-0.2, -0.15) is 4.98 Å². The summed E-state index contributed by atoms with van der Waals surface area (Å²) < 4.78 is 14.5. The van der Waals surface area contributed by atoms with Crippen molar-refractivity contribution in [2.45, 2.75) is 25.3 Å². The van der Waals surface area contributed by atoms with Gasteiger partial charge in [0.05, 0.1) is 18.5 Å². The maximum absolute atomic E-state index is 14.5. The second-order valence-corrected chi connectivity index (χ2v) is 8.45. The summed E-state index contributed by atoms with van der Waals surface area (Å²) in [5.74, 6) is -0.715. The number of hydrogen-bond acceptors (Lipinski definition) is 6. The van der Waals surface area contributed by atoms with Gasteiger partial charge in [0, 0.05) is 18.3 Å². The molecule has 2 aromatic rings. The van der Waals surface area contributed by atoms with Gasteiger partial charge in [-0.25, -0.2) is 9.37 Å². The van der Waals surface area contributed by atoms with Crippen molar-refractivity contribution in [3.05, 3.63) is 41.8 Å². The molecule has 0 saturated heterocycles. The van der Waals surface area contributed by atoms with Crippen LogP contribution in [0.25, 0.3) is 0 Å². The third-order valence-corrected chi connectivity index (χ3v) is 6.63. The van der Waals surface area contributed by atoms with E-state index in [0.717, 1.165) is 24.6 Å². The Morgan fingerprint density at radius 1 is 1.23 bits per heavy atom. The van der Waals surface area contributed by atoms with E-state index < -0.39 is 11.7 Å². The lowest BCUT2D eigenvalue weighted by Crippen LogP contribution is -2.47. The maximum Gasteiger partial charge on any atom is 0.229 e. The van der Waals surface area contributed by atoms with Gasteiger partial charge in [-0.1, -0.05) is 12.1 Å². The molecular formula is C21H23FN6O2. The molecule has 9 heteroatoms. The molecule has 1 aliphatic heterocycles. The Balaban J connectivity index is 1.53. The van der Waals surface area contributed by atoms with Crippen LogP contribution < -0.4 is 21.7 Å². The highest BCUT2D eigenvalue weighted by molar-refractivity contribution is 5.80. The minimum Gasteiger partial charge on any atom is -0.369 e. The normalized spacial score (nSPS) is 29.8. The van der Waals surface area contributed by atoms with Crippen molar-refractivity contribution >= 4 is 29.3 Å². The second kappa shape index (κ2) is 7.23. The van der Waals surface area contributed by atoms with Crippen LogP contribution in [-0.4, -0.2) is 34.4 Å². The number of rotatable bonds is 1. The van der Waals surface area contributed by atoms with E-state index >= 15 is 0 Å². The number of nitrogens with one attached hydrogen (secondary N) is 3. The Bertz CT molecular complexity index is 1010. The Morgan fingerprint density at radius 2 is 2.10 bits per heavy atom. The number of anilines is 3. The first-order valence-corrected chi connectivity index (χ1v) is 10.2. The van der Waals surface area contributed by atoms with E-state index in [9.17, 15) is 14.0 Å². The fraction of sp³-hybridized carbons (Fsp3) is 0.429. The third kappa shape index (κ3) is 3.34. The Kier molecular flexibility index (Phi) is 4.52. The van der Waals surface area contributed by atoms with Crippen LogP contribution in [-0.2, 0) is 16.0 Å². The number of amides is 2. The molecule has 2 saturated carbocycles. The van der Waals surface area contributed by atoms with Gasteiger partial charge in [-0.05, 0) is 48.3 Å². The van der Waals surface area contributed by atoms with Crippen LogP contribution in [0.15, 0.2) is 30.5 Å². The molecule has 2 heterocycles. The first-order chi connectivity index (χ1) is 14.5. The SMILES string of the molecule is NC(=O)[C@H]1[C@@H]2CC3CNC(=O)Cc4cccc(c4)Nc4ncc(F)c(n4)N[C@@H]1[C@@H]3C2. The van der Waals surface area contributed by atoms with Gasteiger partial charge in [-0.15, -0.1) is 0 Å². The van der Waals surface area contributed by atoms with Gasteiger partial charge in [0.1, 0.15) is 0 Å². The molecule has 5 atom stereocenters. The molecule has 1 aromatic carbocycles. The van der Waals surface area contributed by atoms with Crippen molar-refractivity contribution in [1.29, 1.82) is 0 Å². The first-order valence-electron chi connectivity index (χ1n) is 10.2. The monoisotopic (exact) mass is 410 g/mol. The van der Waals surface area contributed by atoms with Gasteiger partial charge >= 0.3 is 0 Å². The summed E-state index contributed by atoms with van der Waals surface area (Å²) in [7, 11) is 0. The summed E-state index contributed by atoms with van der Waals surface area (Å²) in [6, 6.07) is 7.06. The van der Waals surface area contributed by atoms with Crippen LogP contribution in [0.3, 0.4) is 0 Å². The number of nitrogens with two attached hydrogens (primary N) is 1. The smallest absolute Gasteiger partial charge is 0.229 e. The van der Waals surface area contributed by atoms with E-state index in [-0.39, 0.29) is 53.8 Å². The van der Waals surface area contributed by atoms with Crippen LogP contribution in [0.4, 0.5) is 21.8 Å². The highest BCUT2D eigenvalue weighted by Gasteiger charge is 2.54. The molecular weight excluding hydrogens is 387 g/mol. The lowest BCUT2D eigenvalue weighted by Gasteiger charge is -2.35. The van der Waals surface area contributed by atoms with E-state index in [1.807, 2.05) is 24.3 Å². The van der Waals surface area contributed by atoms with Gasteiger partial charge < -0.3 is 21.7 Å². The number of aromatic nitrogens is 2. The van der Waals surface area contributed by atoms with E-state index in [4.69, 9.17) is 5.73 Å². The van der Waals surface area contributed by atoms with Crippen LogP contribution >= 0.6 is 0 Å². The molecule has 6 bridgehead atoms. The van der Waals surface area contributed by atoms with Crippen LogP contribution in [0, 0.1) is 29.5 Å². The molecule has 8 nitrogen and oxygen atoms in total. The van der Waals surface area contributed by atoms with Crippen molar-refractivity contribution in [2.24, 2.45) is 29.4 Å². The quantitative estimate of drug-likeness (QED) is 0.566. The molecule has 156 valence electrons. The standard InChI is InChI=1S/C21H23FN6O2/c22-15-9-25-21-26-13-3-1-2-10(4-13)5-16(29)24-8-12-6-11-7-14(12)18(17(11)19(23)30)27-20(15)28-21/h1-4,9,11-12,14,17-18H,5-8H2,(H2,23,30)(H,24,29)(H2,25,26,27,28)/t11-,12?,14-,17+,18-/m1/s1. The molecule has 3 aliphatic rings. The third-order valence-electron chi connectivity index (χ3n) is 6.63. The predicted octanol–water partition coefficient (Wildman–Crippen LogP) is 1.57. The summed E-state index contributed by atoms with van der Waals surface area (Å²) in [5.41, 5.74) is 7.24. The number of fused-ring (bicyclic) bond motifs is 5. The zero-order valence-corrected chi connectivity index (χ0v) is 16.3. The summed E-state index contributed by atoms with van der Waals surface area (Å²) in [4.78, 5) is 33.0. The zero-order valence-electron chi connectivity index (χ0n) is 16.3. The molecule has 5 N–H and O–H groups in total. The topological polar surface area (TPSA) is 122 Å². The van der Waals surface area contributed by atoms with Crippen LogP contribution in [0.5, 0.6) is 0 Å². The average molecular weight is 410 g/mol. The summed E-state index contributed by atoms with van der Waals surface area (Å²) in [5, 5.41) is 9.23. The van der Waals surface area contributed by atoms with Gasteiger partial charge in [0.2, 0.25) is 17.8 Å². The lowest BCUT2D eigenvalue weighted by molar-refractivity contribution is -0.124. The molecule has 1 unspecified atom stereocenters. The first kappa shape index (κ1) is 18.8. The van der Waals surface area contributed by atoms with E-state index in [2.05, 4.69) is 25.9 Å². The van der Waals surface area contributed by atoms with Crippen molar-refractivity contribution < 1.29 is 14.0 Å². The minimum absolute atomic E-state index is 0.0464. The predicted molar refractivity (Wildman–Crippen MR) is 108 cm³/mol. The number of halogens is 1. The summed E-state index contributed by atoms with van der Waals surface area (Å²) in [6.07, 6.45) is 3.02. The summed E-state index contributed by atoms with van der Waals surface area (Å²) >= 11 is 0. The molecule has 2 amide bonds. The molecule has 2 aliphatic carbocycles. The molecule has 1 aromatic heterocycles. The molecule has 5 rings (SSSR count). The number of carbonyl (C=O) groups is 2. The van der Waals surface area contributed by atoms with Crippen molar-refractivity contribution in [1.82, 2.24) is 15.3 Å². The number of benzene rings is 1. The number of primary amides is 1. The largest absolute Gasteiger partial charge is 0.369 e. The molecule has 0 spiro atoms. The highest BCUT2D eigenvalue weighted by Crippen LogP contribution is 2.52. The van der Waals surface area contributed by atoms with E-state index in [0.29, 0.717) is 12.2 Å². The Hall–Kier alpha value is -3.23. The number of hydrogen-bond donors (Lipinski definition) is 4. The zero-order chi connectivity index (χ0) is 20.8. The summed E-state index contributed by atoms with van der Waals surface area (Å²) in [6.45, 7) is 0.527. The minimum atomic E-state index is -0.588. The molecule has 2 fully saturated rings. The van der Waals surface area contributed by atoms with Crippen LogP contribution in [0.2, 0.25) is 0 Å². The molecule has 0 radical (unpaired) electrons. The number of carbonyl (C=O) groups excluding carboxylic acids is 2. The fourth-order valence-electron chi connectivity index (χ4n) is 5.40. The van der Waals surface area contributed by atoms with Crippen molar-refractivity contribution in [3.8, 4) is 0 Å². The maximum atomic E-state index is 14.5. The van der Waals surface area contributed by atoms with Crippen LogP contribution in [0.1, 0.15) is 18.4 Å². The van der Waals surface area contributed by atoms with Gasteiger partial charge in [-0.3, -0.25) is 9.59 Å². The average Bonchev–Trinajstić information content (AvgIpc) is 3.27. The van der Waals surface area contributed by atoms with Crippen molar-refractivity contribution in [2.75, 3.05) is 17.2 Å². The van der Waals surface area contributed by atoms with E-state index in [1.54, 1.807) is 0 Å².